The van der Waals surface area contributed by atoms with Crippen LogP contribution >= 0.6 is 0 Å². The third kappa shape index (κ3) is 5.16. The summed E-state index contributed by atoms with van der Waals surface area (Å²) in [6.07, 6.45) is -0.0976. The molecule has 1 aromatic carbocycles. The van der Waals surface area contributed by atoms with Gasteiger partial charge in [-0.15, -0.1) is 0 Å². The van der Waals surface area contributed by atoms with Crippen LogP contribution in [-0.4, -0.2) is 49.3 Å². The molecule has 0 bridgehead atoms. The molecule has 0 atom stereocenters. The number of benzene rings is 1. The first-order valence-electron chi connectivity index (χ1n) is 6.97. The van der Waals surface area contributed by atoms with Crippen LogP contribution in [0.25, 0.3) is 0 Å². The molecule has 0 radical (unpaired) electrons. The average Bonchev–Trinajstić information content (AvgIpc) is 2.51. The van der Waals surface area contributed by atoms with Crippen molar-refractivity contribution in [3.63, 3.8) is 0 Å². The van der Waals surface area contributed by atoms with Gasteiger partial charge in [-0.3, -0.25) is 4.79 Å². The first-order chi connectivity index (χ1) is 10.5. The van der Waals surface area contributed by atoms with Crippen molar-refractivity contribution in [1.82, 2.24) is 10.2 Å². The molecule has 122 valence electrons. The van der Waals surface area contributed by atoms with Gasteiger partial charge in [0.1, 0.15) is 0 Å². The number of ether oxygens (including phenoxy) is 2. The molecule has 2 N–H and O–H groups in total. The molecule has 0 fully saturated rings. The van der Waals surface area contributed by atoms with E-state index in [9.17, 15) is 9.59 Å². The third-order valence-electron chi connectivity index (χ3n) is 3.11. The molecule has 0 spiro atoms. The molecule has 0 unspecified atom stereocenters. The zero-order valence-corrected chi connectivity index (χ0v) is 13.1. The third-order valence-corrected chi connectivity index (χ3v) is 3.11. The van der Waals surface area contributed by atoms with Crippen LogP contribution in [-0.2, 0) is 11.3 Å². The summed E-state index contributed by atoms with van der Waals surface area (Å²) in [5.74, 6) is 0.283. The monoisotopic (exact) mass is 310 g/mol. The second-order valence-electron chi connectivity index (χ2n) is 4.58. The number of carbonyl (C=O) groups excluding carboxylic acids is 1. The molecule has 0 aliphatic heterocycles. The number of carboxylic acids is 1. The van der Waals surface area contributed by atoms with Crippen molar-refractivity contribution in [3.05, 3.63) is 23.8 Å². The molecule has 1 rings (SSSR count). The molecule has 0 aliphatic carbocycles. The molecule has 7 heteroatoms. The molecule has 0 aromatic heterocycles. The fourth-order valence-corrected chi connectivity index (χ4v) is 1.91. The van der Waals surface area contributed by atoms with Crippen molar-refractivity contribution >= 4 is 12.0 Å². The van der Waals surface area contributed by atoms with E-state index in [1.165, 1.54) is 0 Å². The van der Waals surface area contributed by atoms with Crippen LogP contribution < -0.4 is 14.8 Å². The number of hydrogen-bond acceptors (Lipinski definition) is 4. The van der Waals surface area contributed by atoms with E-state index in [1.807, 2.05) is 19.1 Å². The van der Waals surface area contributed by atoms with E-state index < -0.39 is 5.97 Å². The van der Waals surface area contributed by atoms with Crippen LogP contribution in [0.15, 0.2) is 18.2 Å². The van der Waals surface area contributed by atoms with Crippen molar-refractivity contribution in [2.75, 3.05) is 27.3 Å². The summed E-state index contributed by atoms with van der Waals surface area (Å²) >= 11 is 0. The number of nitrogens with one attached hydrogen (secondary N) is 1. The van der Waals surface area contributed by atoms with Crippen molar-refractivity contribution in [1.29, 1.82) is 0 Å². The van der Waals surface area contributed by atoms with Crippen LogP contribution in [0.2, 0.25) is 0 Å². The number of methoxy groups -OCH3 is 2. The quantitative estimate of drug-likeness (QED) is 0.763. The van der Waals surface area contributed by atoms with E-state index >= 15 is 0 Å². The largest absolute Gasteiger partial charge is 0.493 e. The topological polar surface area (TPSA) is 88.1 Å². The van der Waals surface area contributed by atoms with Gasteiger partial charge in [-0.2, -0.15) is 0 Å². The molecule has 2 amide bonds. The number of nitrogens with zero attached hydrogens (tertiary/aromatic N) is 1. The standard InChI is InChI=1S/C15H22N2O5/c1-4-17(15(20)16-8-7-14(18)19)10-11-5-6-12(21-2)13(9-11)22-3/h5-6,9H,4,7-8,10H2,1-3H3,(H,16,20)(H,18,19). The highest BCUT2D eigenvalue weighted by Crippen LogP contribution is 2.27. The Bertz CT molecular complexity index is 519. The number of hydrogen-bond donors (Lipinski definition) is 2. The van der Waals surface area contributed by atoms with Crippen molar-refractivity contribution in [3.8, 4) is 11.5 Å². The fraction of sp³-hybridized carbons (Fsp3) is 0.467. The van der Waals surface area contributed by atoms with Crippen molar-refractivity contribution < 1.29 is 24.2 Å². The Morgan fingerprint density at radius 3 is 2.45 bits per heavy atom. The predicted molar refractivity (Wildman–Crippen MR) is 81.3 cm³/mol. The van der Waals surface area contributed by atoms with Crippen LogP contribution in [0.3, 0.4) is 0 Å². The Morgan fingerprint density at radius 1 is 1.23 bits per heavy atom. The Labute approximate surface area is 129 Å². The molecule has 22 heavy (non-hydrogen) atoms. The average molecular weight is 310 g/mol. The second kappa shape index (κ2) is 8.76. The van der Waals surface area contributed by atoms with Crippen LogP contribution in [0.1, 0.15) is 18.9 Å². The van der Waals surface area contributed by atoms with Gasteiger partial charge < -0.3 is 24.8 Å². The maximum atomic E-state index is 12.0. The summed E-state index contributed by atoms with van der Waals surface area (Å²) in [6.45, 7) is 2.87. The minimum atomic E-state index is -0.941. The first-order valence-corrected chi connectivity index (χ1v) is 6.97. The van der Waals surface area contributed by atoms with Gasteiger partial charge in [-0.1, -0.05) is 6.07 Å². The molecule has 1 aromatic rings. The van der Waals surface area contributed by atoms with Gasteiger partial charge in [0, 0.05) is 19.6 Å². The maximum absolute atomic E-state index is 12.0. The van der Waals surface area contributed by atoms with Gasteiger partial charge in [0.15, 0.2) is 11.5 Å². The summed E-state index contributed by atoms with van der Waals surface area (Å²) in [5.41, 5.74) is 0.896. The summed E-state index contributed by atoms with van der Waals surface area (Å²) in [7, 11) is 3.11. The molecule has 0 saturated heterocycles. The van der Waals surface area contributed by atoms with Gasteiger partial charge in [0.05, 0.1) is 20.6 Å². The Morgan fingerprint density at radius 2 is 1.91 bits per heavy atom. The Hall–Kier alpha value is -2.44. The van der Waals surface area contributed by atoms with E-state index in [4.69, 9.17) is 14.6 Å². The maximum Gasteiger partial charge on any atom is 0.317 e. The van der Waals surface area contributed by atoms with Crippen LogP contribution in [0.4, 0.5) is 4.79 Å². The molecule has 0 heterocycles. The van der Waals surface area contributed by atoms with Gasteiger partial charge in [-0.25, -0.2) is 4.79 Å². The summed E-state index contributed by atoms with van der Waals surface area (Å²) in [4.78, 5) is 24.0. The number of carbonyl (C=O) groups is 2. The highest BCUT2D eigenvalue weighted by Gasteiger charge is 2.13. The minimum absolute atomic E-state index is 0.0976. The number of urea groups is 1. The van der Waals surface area contributed by atoms with Gasteiger partial charge in [0.25, 0.3) is 0 Å². The molecule has 0 saturated carbocycles. The van der Waals surface area contributed by atoms with Crippen molar-refractivity contribution in [2.45, 2.75) is 19.9 Å². The van der Waals surface area contributed by atoms with Crippen molar-refractivity contribution in [2.24, 2.45) is 0 Å². The SMILES string of the molecule is CCN(Cc1ccc(OC)c(OC)c1)C(=O)NCCC(=O)O. The van der Waals surface area contributed by atoms with Gasteiger partial charge in [0.2, 0.25) is 0 Å². The molecule has 0 aliphatic rings. The lowest BCUT2D eigenvalue weighted by atomic mass is 10.2. The lowest BCUT2D eigenvalue weighted by Gasteiger charge is -2.22. The van der Waals surface area contributed by atoms with E-state index in [0.717, 1.165) is 5.56 Å². The molecular formula is C15H22N2O5. The summed E-state index contributed by atoms with van der Waals surface area (Å²) in [5, 5.41) is 11.2. The first kappa shape index (κ1) is 17.6. The van der Waals surface area contributed by atoms with Crippen LogP contribution in [0.5, 0.6) is 11.5 Å². The summed E-state index contributed by atoms with van der Waals surface area (Å²) in [6, 6.07) is 5.16. The summed E-state index contributed by atoms with van der Waals surface area (Å²) < 4.78 is 10.4. The number of carboxylic acid groups (broad SMARTS) is 1. The predicted octanol–water partition coefficient (Wildman–Crippen LogP) is 1.71. The van der Waals surface area contributed by atoms with E-state index in [-0.39, 0.29) is 19.0 Å². The molecular weight excluding hydrogens is 288 g/mol. The van der Waals surface area contributed by atoms with Gasteiger partial charge >= 0.3 is 12.0 Å². The minimum Gasteiger partial charge on any atom is -0.493 e. The lowest BCUT2D eigenvalue weighted by molar-refractivity contribution is -0.136. The zero-order chi connectivity index (χ0) is 16.5. The lowest BCUT2D eigenvalue weighted by Crippen LogP contribution is -2.40. The van der Waals surface area contributed by atoms with Gasteiger partial charge in [-0.05, 0) is 24.6 Å². The second-order valence-corrected chi connectivity index (χ2v) is 4.58. The normalized spacial score (nSPS) is 9.95. The zero-order valence-electron chi connectivity index (χ0n) is 13.1. The highest BCUT2D eigenvalue weighted by molar-refractivity contribution is 5.75. The highest BCUT2D eigenvalue weighted by atomic mass is 16.5. The van der Waals surface area contributed by atoms with E-state index in [2.05, 4.69) is 5.32 Å². The van der Waals surface area contributed by atoms with E-state index in [0.29, 0.717) is 24.6 Å². The molecule has 7 nitrogen and oxygen atoms in total. The fourth-order valence-electron chi connectivity index (χ4n) is 1.91. The number of rotatable bonds is 8. The van der Waals surface area contributed by atoms with E-state index in [1.54, 1.807) is 25.2 Å². The Balaban J connectivity index is 2.69. The smallest absolute Gasteiger partial charge is 0.317 e. The Kier molecular flexibility index (Phi) is 7.01. The number of aliphatic carboxylic acids is 1. The number of amides is 2. The van der Waals surface area contributed by atoms with Crippen LogP contribution in [0, 0.1) is 0 Å².